The Morgan fingerprint density at radius 1 is 1.35 bits per heavy atom. The molecule has 2 heterocycles. The van der Waals surface area contributed by atoms with Crippen LogP contribution in [0, 0.1) is 0 Å². The molecular formula is C14H22Cl2N4. The normalized spacial score (nSPS) is 17.2. The molecule has 1 fully saturated rings. The van der Waals surface area contributed by atoms with Crippen molar-refractivity contribution >= 4 is 34.8 Å². The van der Waals surface area contributed by atoms with Gasteiger partial charge in [0.15, 0.2) is 0 Å². The number of hydrogen-bond acceptors (Lipinski definition) is 4. The lowest BCUT2D eigenvalue weighted by molar-refractivity contribution is 0.220. The van der Waals surface area contributed by atoms with Crippen LogP contribution >= 0.6 is 23.2 Å². The number of nitrogens with one attached hydrogen (secondary N) is 1. The molecule has 0 spiro atoms. The van der Waals surface area contributed by atoms with Gasteiger partial charge >= 0.3 is 0 Å². The van der Waals surface area contributed by atoms with Crippen molar-refractivity contribution in [1.82, 2.24) is 9.88 Å². The number of halogens is 2. The summed E-state index contributed by atoms with van der Waals surface area (Å²) in [4.78, 5) is 9.20. The van der Waals surface area contributed by atoms with Crippen molar-refractivity contribution in [3.8, 4) is 0 Å². The molecule has 1 aliphatic rings. The van der Waals surface area contributed by atoms with E-state index < -0.39 is 0 Å². The molecule has 1 saturated heterocycles. The van der Waals surface area contributed by atoms with Crippen LogP contribution < -0.4 is 10.2 Å². The molecule has 0 radical (unpaired) electrons. The zero-order valence-corrected chi connectivity index (χ0v) is 13.8. The minimum absolute atomic E-state index is 0.480. The van der Waals surface area contributed by atoms with Crippen LogP contribution in [0.5, 0.6) is 0 Å². The number of likely N-dealkylation sites (tertiary alicyclic amines) is 1. The van der Waals surface area contributed by atoms with E-state index in [0.717, 1.165) is 38.3 Å². The van der Waals surface area contributed by atoms with E-state index in [2.05, 4.69) is 34.1 Å². The number of pyridine rings is 1. The van der Waals surface area contributed by atoms with Crippen LogP contribution in [0.3, 0.4) is 0 Å². The van der Waals surface area contributed by atoms with Gasteiger partial charge in [-0.2, -0.15) is 0 Å². The lowest BCUT2D eigenvalue weighted by Gasteiger charge is -2.37. The monoisotopic (exact) mass is 316 g/mol. The smallest absolute Gasteiger partial charge is 0.149 e. The van der Waals surface area contributed by atoms with E-state index in [1.807, 2.05) is 7.05 Å². The first-order valence-electron chi connectivity index (χ1n) is 7.05. The molecule has 0 unspecified atom stereocenters. The van der Waals surface area contributed by atoms with Crippen molar-refractivity contribution < 1.29 is 0 Å². The first-order chi connectivity index (χ1) is 9.56. The minimum Gasteiger partial charge on any atom is -0.372 e. The summed E-state index contributed by atoms with van der Waals surface area (Å²) in [6.45, 7) is 5.60. The van der Waals surface area contributed by atoms with Crippen molar-refractivity contribution in [2.24, 2.45) is 0 Å². The summed E-state index contributed by atoms with van der Waals surface area (Å²) in [7, 11) is 3.87. The Labute approximate surface area is 131 Å². The number of aromatic nitrogens is 1. The average Bonchev–Trinajstić information content (AvgIpc) is 2.47. The van der Waals surface area contributed by atoms with Crippen LogP contribution in [0.4, 0.5) is 11.6 Å². The van der Waals surface area contributed by atoms with Crippen molar-refractivity contribution in [2.75, 3.05) is 43.9 Å². The molecule has 1 aromatic heterocycles. The Morgan fingerprint density at radius 2 is 2.00 bits per heavy atom. The molecule has 1 N–H and O–H groups in total. The van der Waals surface area contributed by atoms with Crippen LogP contribution in [0.1, 0.15) is 19.8 Å². The molecule has 1 aliphatic heterocycles. The summed E-state index contributed by atoms with van der Waals surface area (Å²) < 4.78 is 0. The maximum Gasteiger partial charge on any atom is 0.149 e. The average molecular weight is 317 g/mol. The van der Waals surface area contributed by atoms with Gasteiger partial charge in [0.05, 0.1) is 10.0 Å². The zero-order chi connectivity index (χ0) is 14.7. The molecule has 0 aliphatic carbocycles. The van der Waals surface area contributed by atoms with Crippen molar-refractivity contribution in [2.45, 2.75) is 25.8 Å². The molecule has 0 atom stereocenters. The summed E-state index contributed by atoms with van der Waals surface area (Å²) in [6.07, 6.45) is 2.28. The van der Waals surface area contributed by atoms with E-state index in [-0.39, 0.29) is 0 Å². The summed E-state index contributed by atoms with van der Waals surface area (Å²) in [6, 6.07) is 2.24. The highest BCUT2D eigenvalue weighted by molar-refractivity contribution is 6.37. The molecule has 112 valence electrons. The van der Waals surface area contributed by atoms with Crippen molar-refractivity contribution in [3.63, 3.8) is 0 Å². The highest BCUT2D eigenvalue weighted by atomic mass is 35.5. The van der Waals surface area contributed by atoms with E-state index in [0.29, 0.717) is 21.9 Å². The van der Waals surface area contributed by atoms with Crippen LogP contribution in [-0.2, 0) is 0 Å². The molecule has 1 aromatic rings. The second kappa shape index (κ2) is 6.83. The van der Waals surface area contributed by atoms with Gasteiger partial charge in [-0.3, -0.25) is 0 Å². The van der Waals surface area contributed by atoms with Gasteiger partial charge in [0.25, 0.3) is 0 Å². The van der Waals surface area contributed by atoms with Gasteiger partial charge in [-0.25, -0.2) is 4.98 Å². The molecular weight excluding hydrogens is 295 g/mol. The van der Waals surface area contributed by atoms with Gasteiger partial charge in [0.2, 0.25) is 0 Å². The van der Waals surface area contributed by atoms with Gasteiger partial charge < -0.3 is 15.1 Å². The highest BCUT2D eigenvalue weighted by Gasteiger charge is 2.24. The quantitative estimate of drug-likeness (QED) is 0.923. The molecule has 2 rings (SSSR count). The predicted octanol–water partition coefficient (Wildman–Crippen LogP) is 3.35. The van der Waals surface area contributed by atoms with E-state index >= 15 is 0 Å². The van der Waals surface area contributed by atoms with Crippen LogP contribution in [0.2, 0.25) is 10.0 Å². The van der Waals surface area contributed by atoms with Crippen LogP contribution in [-0.4, -0.2) is 49.7 Å². The van der Waals surface area contributed by atoms with E-state index in [9.17, 15) is 0 Å². The first-order valence-corrected chi connectivity index (χ1v) is 7.81. The summed E-state index contributed by atoms with van der Waals surface area (Å²) in [5, 5.41) is 4.16. The third-order valence-electron chi connectivity index (χ3n) is 4.03. The van der Waals surface area contributed by atoms with Crippen molar-refractivity contribution in [3.05, 3.63) is 16.1 Å². The Kier molecular flexibility index (Phi) is 5.35. The van der Waals surface area contributed by atoms with Gasteiger partial charge in [0.1, 0.15) is 11.6 Å². The molecule has 0 bridgehead atoms. The van der Waals surface area contributed by atoms with E-state index in [1.54, 1.807) is 6.07 Å². The fourth-order valence-corrected chi connectivity index (χ4v) is 3.26. The fourth-order valence-electron chi connectivity index (χ4n) is 2.68. The predicted molar refractivity (Wildman–Crippen MR) is 87.3 cm³/mol. The lowest BCUT2D eigenvalue weighted by atomic mass is 10.0. The Hall–Kier alpha value is -0.710. The molecule has 0 saturated carbocycles. The van der Waals surface area contributed by atoms with Gasteiger partial charge in [-0.05, 0) is 25.5 Å². The van der Waals surface area contributed by atoms with Crippen LogP contribution in [0.25, 0.3) is 0 Å². The summed E-state index contributed by atoms with van der Waals surface area (Å²) >= 11 is 12.4. The van der Waals surface area contributed by atoms with Gasteiger partial charge in [0, 0.05) is 33.2 Å². The Morgan fingerprint density at radius 3 is 2.55 bits per heavy atom. The Bertz CT molecular complexity index is 459. The third kappa shape index (κ3) is 3.30. The largest absolute Gasteiger partial charge is 0.372 e. The van der Waals surface area contributed by atoms with Gasteiger partial charge in [-0.15, -0.1) is 0 Å². The molecule has 20 heavy (non-hydrogen) atoms. The molecule has 0 aromatic carbocycles. The van der Waals surface area contributed by atoms with E-state index in [1.165, 1.54) is 0 Å². The number of nitrogens with zero attached hydrogens (tertiary/aromatic N) is 3. The third-order valence-corrected chi connectivity index (χ3v) is 4.60. The molecule has 4 nitrogen and oxygen atoms in total. The SMILES string of the molecule is CCN1CCC(N(C)c2nc(NC)c(Cl)cc2Cl)CC1. The number of piperidine rings is 1. The zero-order valence-electron chi connectivity index (χ0n) is 12.3. The number of hydrogen-bond donors (Lipinski definition) is 1. The highest BCUT2D eigenvalue weighted by Crippen LogP contribution is 2.32. The maximum atomic E-state index is 6.30. The number of anilines is 2. The van der Waals surface area contributed by atoms with E-state index in [4.69, 9.17) is 23.2 Å². The standard InChI is InChI=1S/C14H22Cl2N4/c1-4-20-7-5-10(6-8-20)19(3)14-12(16)9-11(15)13(17-2)18-14/h9-10H,4-8H2,1-3H3,(H,17,18). The molecule has 6 heteroatoms. The lowest BCUT2D eigenvalue weighted by Crippen LogP contribution is -2.43. The summed E-state index contributed by atoms with van der Waals surface area (Å²) in [5.74, 6) is 1.47. The maximum absolute atomic E-state index is 6.30. The minimum atomic E-state index is 0.480. The Balaban J connectivity index is 2.15. The second-order valence-electron chi connectivity index (χ2n) is 5.15. The summed E-state index contributed by atoms with van der Waals surface area (Å²) in [5.41, 5.74) is 0. The fraction of sp³-hybridized carbons (Fsp3) is 0.643. The van der Waals surface area contributed by atoms with Gasteiger partial charge in [-0.1, -0.05) is 30.1 Å². The first kappa shape index (κ1) is 15.7. The number of rotatable bonds is 4. The van der Waals surface area contributed by atoms with Crippen molar-refractivity contribution in [1.29, 1.82) is 0 Å². The molecule has 0 amide bonds. The van der Waals surface area contributed by atoms with Crippen LogP contribution in [0.15, 0.2) is 6.07 Å². The topological polar surface area (TPSA) is 31.4 Å². The second-order valence-corrected chi connectivity index (χ2v) is 5.96.